The van der Waals surface area contributed by atoms with Crippen molar-refractivity contribution < 1.29 is 22.7 Å². The van der Waals surface area contributed by atoms with Crippen molar-refractivity contribution in [2.75, 3.05) is 19.7 Å². The second kappa shape index (κ2) is 10.2. The summed E-state index contributed by atoms with van der Waals surface area (Å²) in [6.07, 6.45) is 1.21. The van der Waals surface area contributed by atoms with E-state index < -0.39 is 21.9 Å². The molecule has 0 aromatic carbocycles. The lowest BCUT2D eigenvalue weighted by atomic mass is 9.99. The molecule has 1 amide bonds. The van der Waals surface area contributed by atoms with E-state index in [9.17, 15) is 18.0 Å². The van der Waals surface area contributed by atoms with E-state index in [1.54, 1.807) is 32.1 Å². The van der Waals surface area contributed by atoms with Crippen molar-refractivity contribution in [3.8, 4) is 0 Å². The van der Waals surface area contributed by atoms with Gasteiger partial charge >= 0.3 is 5.97 Å². The van der Waals surface area contributed by atoms with Crippen LogP contribution in [0.5, 0.6) is 0 Å². The number of hydrogen-bond acceptors (Lipinski definition) is 6. The second-order valence-corrected chi connectivity index (χ2v) is 10.7. The molecule has 32 heavy (non-hydrogen) atoms. The summed E-state index contributed by atoms with van der Waals surface area (Å²) in [4.78, 5) is 26.5. The number of nitrogens with one attached hydrogen (secondary N) is 1. The van der Waals surface area contributed by atoms with E-state index in [1.807, 2.05) is 29.0 Å². The fourth-order valence-corrected chi connectivity index (χ4v) is 6.94. The number of amides is 1. The Balaban J connectivity index is 1.87. The first kappa shape index (κ1) is 24.5. The molecule has 0 bridgehead atoms. The van der Waals surface area contributed by atoms with Crippen LogP contribution in [0.3, 0.4) is 0 Å². The minimum Gasteiger partial charge on any atom is -0.462 e. The zero-order valence-electron chi connectivity index (χ0n) is 19.0. The molecular formula is C22H31N3O5S2. The molecule has 1 saturated heterocycles. The van der Waals surface area contributed by atoms with Crippen molar-refractivity contribution in [1.82, 2.24) is 14.2 Å². The maximum Gasteiger partial charge on any atom is 0.341 e. The molecule has 1 unspecified atom stereocenters. The first-order valence-corrected chi connectivity index (χ1v) is 13.2. The minimum absolute atomic E-state index is 0.00468. The summed E-state index contributed by atoms with van der Waals surface area (Å²) >= 11 is 1.56. The SMILES string of the molecule is CCOC(=O)c1c(S(=O)(=O)N2CCCC(C(=O)NCc3cccs3)C2)c(C)n(CC)c1C. The Morgan fingerprint density at radius 1 is 1.25 bits per heavy atom. The molecule has 0 aliphatic carbocycles. The van der Waals surface area contributed by atoms with E-state index >= 15 is 0 Å². The average Bonchev–Trinajstić information content (AvgIpc) is 3.38. The Kier molecular flexibility index (Phi) is 7.79. The van der Waals surface area contributed by atoms with Crippen molar-refractivity contribution in [1.29, 1.82) is 0 Å². The molecule has 1 N–H and O–H groups in total. The number of sulfonamides is 1. The van der Waals surface area contributed by atoms with Crippen LogP contribution < -0.4 is 5.32 Å². The van der Waals surface area contributed by atoms with Gasteiger partial charge in [0.2, 0.25) is 15.9 Å². The van der Waals surface area contributed by atoms with Crippen molar-refractivity contribution >= 4 is 33.2 Å². The number of carbonyl (C=O) groups excluding carboxylic acids is 2. The van der Waals surface area contributed by atoms with Crippen molar-refractivity contribution in [3.63, 3.8) is 0 Å². The van der Waals surface area contributed by atoms with Gasteiger partial charge in [0.15, 0.2) is 0 Å². The molecule has 10 heteroatoms. The Morgan fingerprint density at radius 2 is 2.00 bits per heavy atom. The molecule has 1 aliphatic heterocycles. The van der Waals surface area contributed by atoms with Crippen molar-refractivity contribution in [2.45, 2.75) is 58.5 Å². The summed E-state index contributed by atoms with van der Waals surface area (Å²) in [7, 11) is -3.99. The number of piperidine rings is 1. The smallest absolute Gasteiger partial charge is 0.341 e. The van der Waals surface area contributed by atoms with Crippen LogP contribution in [0.2, 0.25) is 0 Å². The number of esters is 1. The molecule has 176 valence electrons. The van der Waals surface area contributed by atoms with E-state index in [4.69, 9.17) is 4.74 Å². The third kappa shape index (κ3) is 4.77. The first-order valence-electron chi connectivity index (χ1n) is 10.9. The summed E-state index contributed by atoms with van der Waals surface area (Å²) in [5, 5.41) is 4.87. The molecule has 1 fully saturated rings. The third-order valence-electron chi connectivity index (χ3n) is 5.89. The van der Waals surface area contributed by atoms with Crippen LogP contribution in [0.1, 0.15) is 53.3 Å². The van der Waals surface area contributed by atoms with Gasteiger partial charge in [0.1, 0.15) is 10.5 Å². The Bertz CT molecular complexity index is 1070. The molecular weight excluding hydrogens is 450 g/mol. The fraction of sp³-hybridized carbons (Fsp3) is 0.545. The standard InChI is InChI=1S/C22H31N3O5S2/c1-5-25-15(3)19(22(27)30-6-2)20(16(25)4)32(28,29)24-11-7-9-17(14-24)21(26)23-13-18-10-8-12-31-18/h8,10,12,17H,5-7,9,11,13-14H2,1-4H3,(H,23,26). The number of aromatic nitrogens is 1. The summed E-state index contributed by atoms with van der Waals surface area (Å²) < 4.78 is 35.7. The molecule has 0 saturated carbocycles. The number of carbonyl (C=O) groups is 2. The third-order valence-corrected chi connectivity index (χ3v) is 8.80. The number of nitrogens with zero attached hydrogens (tertiary/aromatic N) is 2. The van der Waals surface area contributed by atoms with Crippen LogP contribution in [0.15, 0.2) is 22.4 Å². The maximum atomic E-state index is 13.7. The van der Waals surface area contributed by atoms with Gasteiger partial charge in [-0.2, -0.15) is 4.31 Å². The van der Waals surface area contributed by atoms with Gasteiger partial charge in [-0.3, -0.25) is 4.79 Å². The summed E-state index contributed by atoms with van der Waals surface area (Å²) in [6.45, 7) is 8.57. The zero-order chi connectivity index (χ0) is 23.5. The molecule has 8 nitrogen and oxygen atoms in total. The normalized spacial score (nSPS) is 17.3. The number of hydrogen-bond donors (Lipinski definition) is 1. The van der Waals surface area contributed by atoms with E-state index in [1.165, 1.54) is 4.31 Å². The lowest BCUT2D eigenvalue weighted by Gasteiger charge is -2.31. The molecule has 2 aromatic heterocycles. The van der Waals surface area contributed by atoms with Crippen LogP contribution in [0.25, 0.3) is 0 Å². The number of rotatable bonds is 8. The van der Waals surface area contributed by atoms with Gasteiger partial charge in [-0.1, -0.05) is 6.07 Å². The number of thiophene rings is 1. The van der Waals surface area contributed by atoms with Crippen LogP contribution in [0.4, 0.5) is 0 Å². The highest BCUT2D eigenvalue weighted by atomic mass is 32.2. The lowest BCUT2D eigenvalue weighted by Crippen LogP contribution is -2.45. The molecule has 3 heterocycles. The predicted octanol–water partition coefficient (Wildman–Crippen LogP) is 3.08. The van der Waals surface area contributed by atoms with Gasteiger partial charge in [-0.15, -0.1) is 11.3 Å². The van der Waals surface area contributed by atoms with E-state index in [2.05, 4.69) is 5.32 Å². The van der Waals surface area contributed by atoms with Gasteiger partial charge in [-0.05, 0) is 52.0 Å². The highest BCUT2D eigenvalue weighted by molar-refractivity contribution is 7.89. The van der Waals surface area contributed by atoms with Gasteiger partial charge in [0.05, 0.1) is 19.1 Å². The topological polar surface area (TPSA) is 97.7 Å². The molecule has 1 aliphatic rings. The van der Waals surface area contributed by atoms with E-state index in [-0.39, 0.29) is 29.5 Å². The summed E-state index contributed by atoms with van der Waals surface area (Å²) in [5.74, 6) is -1.22. The highest BCUT2D eigenvalue weighted by Gasteiger charge is 2.39. The average molecular weight is 482 g/mol. The Morgan fingerprint density at radius 3 is 2.62 bits per heavy atom. The second-order valence-electron chi connectivity index (χ2n) is 7.84. The van der Waals surface area contributed by atoms with Crippen LogP contribution in [0, 0.1) is 19.8 Å². The first-order chi connectivity index (χ1) is 15.2. The largest absolute Gasteiger partial charge is 0.462 e. The Hall–Kier alpha value is -2.17. The number of ether oxygens (including phenoxy) is 1. The molecule has 0 radical (unpaired) electrons. The monoisotopic (exact) mass is 481 g/mol. The van der Waals surface area contributed by atoms with E-state index in [0.717, 1.165) is 4.88 Å². The Labute approximate surface area is 193 Å². The highest BCUT2D eigenvalue weighted by Crippen LogP contribution is 2.32. The van der Waals surface area contributed by atoms with E-state index in [0.29, 0.717) is 43.9 Å². The summed E-state index contributed by atoms with van der Waals surface area (Å²) in [5.41, 5.74) is 1.18. The van der Waals surface area contributed by atoms with Gasteiger partial charge in [-0.25, -0.2) is 13.2 Å². The van der Waals surface area contributed by atoms with Crippen molar-refractivity contribution in [2.24, 2.45) is 5.92 Å². The molecule has 1 atom stereocenters. The molecule has 2 aromatic rings. The fourth-order valence-electron chi connectivity index (χ4n) is 4.32. The lowest BCUT2D eigenvalue weighted by molar-refractivity contribution is -0.126. The van der Waals surface area contributed by atoms with Crippen LogP contribution >= 0.6 is 11.3 Å². The van der Waals surface area contributed by atoms with Crippen molar-refractivity contribution in [3.05, 3.63) is 39.3 Å². The van der Waals surface area contributed by atoms with Crippen LogP contribution in [-0.2, 0) is 32.6 Å². The summed E-state index contributed by atoms with van der Waals surface area (Å²) in [6, 6.07) is 3.87. The van der Waals surface area contributed by atoms with Gasteiger partial charge < -0.3 is 14.6 Å². The maximum absolute atomic E-state index is 13.7. The minimum atomic E-state index is -3.99. The van der Waals surface area contributed by atoms with Crippen LogP contribution in [-0.4, -0.2) is 48.9 Å². The predicted molar refractivity (Wildman–Crippen MR) is 123 cm³/mol. The molecule has 3 rings (SSSR count). The quantitative estimate of drug-likeness (QED) is 0.585. The van der Waals surface area contributed by atoms with Gasteiger partial charge in [0, 0.05) is 35.9 Å². The molecule has 0 spiro atoms. The zero-order valence-corrected chi connectivity index (χ0v) is 20.6. The van der Waals surface area contributed by atoms with Gasteiger partial charge in [0.25, 0.3) is 0 Å².